The van der Waals surface area contributed by atoms with E-state index in [4.69, 9.17) is 0 Å². The molecule has 0 fully saturated rings. The van der Waals surface area contributed by atoms with Gasteiger partial charge in [0.05, 0.1) is 30.6 Å². The zero-order chi connectivity index (χ0) is 13.7. The number of aliphatic hydroxyl groups is 1. The Kier molecular flexibility index (Phi) is 4.62. The molecule has 0 radical (unpaired) electrons. The van der Waals surface area contributed by atoms with Crippen molar-refractivity contribution in [3.63, 3.8) is 0 Å². The molecule has 0 aromatic carbocycles. The van der Waals surface area contributed by atoms with Gasteiger partial charge in [0.2, 0.25) is 0 Å². The first kappa shape index (κ1) is 13.7. The minimum Gasteiger partial charge on any atom is -0.389 e. The van der Waals surface area contributed by atoms with E-state index in [9.17, 15) is 5.11 Å². The van der Waals surface area contributed by atoms with Crippen LogP contribution < -0.4 is 0 Å². The summed E-state index contributed by atoms with van der Waals surface area (Å²) in [6, 6.07) is -0.254. The average Bonchev–Trinajstić information content (AvgIpc) is 3.11. The molecule has 0 aliphatic rings. The van der Waals surface area contributed by atoms with E-state index in [1.807, 2.05) is 6.92 Å². The van der Waals surface area contributed by atoms with Crippen LogP contribution in [0.3, 0.4) is 0 Å². The second-order valence-electron chi connectivity index (χ2n) is 4.71. The highest BCUT2D eigenvalue weighted by atomic mass is 16.3. The third-order valence-electron chi connectivity index (χ3n) is 3.38. The molecule has 0 aliphatic heterocycles. The molecule has 0 saturated heterocycles. The maximum absolute atomic E-state index is 10.6. The fourth-order valence-electron chi connectivity index (χ4n) is 2.18. The van der Waals surface area contributed by atoms with Crippen molar-refractivity contribution in [2.75, 3.05) is 0 Å². The molecule has 2 rings (SSSR count). The number of nitrogens with zero attached hydrogens (tertiary/aromatic N) is 6. The van der Waals surface area contributed by atoms with Gasteiger partial charge in [-0.3, -0.25) is 0 Å². The Morgan fingerprint density at radius 2 is 1.74 bits per heavy atom. The molecule has 19 heavy (non-hydrogen) atoms. The Bertz CT molecular complexity index is 455. The number of unbranched alkanes of at least 4 members (excludes halogenated alkanes) is 1. The van der Waals surface area contributed by atoms with Crippen molar-refractivity contribution in [3.8, 4) is 0 Å². The van der Waals surface area contributed by atoms with Crippen molar-refractivity contribution >= 4 is 0 Å². The van der Waals surface area contributed by atoms with Gasteiger partial charge in [0, 0.05) is 12.4 Å². The molecule has 7 heteroatoms. The highest BCUT2D eigenvalue weighted by Gasteiger charge is 2.28. The van der Waals surface area contributed by atoms with Crippen molar-refractivity contribution in [3.05, 3.63) is 24.8 Å². The van der Waals surface area contributed by atoms with Gasteiger partial charge in [-0.15, -0.1) is 10.2 Å². The number of aromatic nitrogens is 6. The maximum atomic E-state index is 10.6. The Balaban J connectivity index is 2.13. The zero-order valence-corrected chi connectivity index (χ0v) is 11.3. The minimum atomic E-state index is -0.588. The molecule has 7 nitrogen and oxygen atoms in total. The van der Waals surface area contributed by atoms with E-state index in [-0.39, 0.29) is 12.1 Å². The average molecular weight is 264 g/mol. The van der Waals surface area contributed by atoms with E-state index in [0.29, 0.717) is 0 Å². The van der Waals surface area contributed by atoms with Gasteiger partial charge < -0.3 is 5.11 Å². The second kappa shape index (κ2) is 6.42. The van der Waals surface area contributed by atoms with E-state index in [2.05, 4.69) is 27.5 Å². The lowest BCUT2D eigenvalue weighted by Crippen LogP contribution is -2.32. The lowest BCUT2D eigenvalue weighted by Gasteiger charge is -2.27. The summed E-state index contributed by atoms with van der Waals surface area (Å²) >= 11 is 0. The third-order valence-corrected chi connectivity index (χ3v) is 3.38. The molecule has 1 N–H and O–H groups in total. The molecule has 0 saturated carbocycles. The lowest BCUT2D eigenvalue weighted by molar-refractivity contribution is 0.0507. The highest BCUT2D eigenvalue weighted by molar-refractivity contribution is 4.84. The van der Waals surface area contributed by atoms with Gasteiger partial charge in [-0.1, -0.05) is 30.2 Å². The molecule has 2 aromatic rings. The van der Waals surface area contributed by atoms with Crippen molar-refractivity contribution in [2.24, 2.45) is 0 Å². The van der Waals surface area contributed by atoms with Crippen LogP contribution in [0.25, 0.3) is 0 Å². The summed E-state index contributed by atoms with van der Waals surface area (Å²) in [6.07, 6.45) is 9.17. The highest BCUT2D eigenvalue weighted by Crippen LogP contribution is 2.25. The third kappa shape index (κ3) is 3.17. The molecule has 0 spiro atoms. The molecule has 0 bridgehead atoms. The largest absolute Gasteiger partial charge is 0.389 e. The molecular weight excluding hydrogens is 244 g/mol. The summed E-state index contributed by atoms with van der Waals surface area (Å²) < 4.78 is 3.40. The Morgan fingerprint density at radius 3 is 2.26 bits per heavy atom. The van der Waals surface area contributed by atoms with Gasteiger partial charge in [-0.25, -0.2) is 9.36 Å². The summed E-state index contributed by atoms with van der Waals surface area (Å²) in [5.74, 6) is 0. The van der Waals surface area contributed by atoms with Gasteiger partial charge in [0.15, 0.2) is 0 Å². The van der Waals surface area contributed by atoms with E-state index in [1.165, 1.54) is 0 Å². The molecule has 3 atom stereocenters. The normalized spacial score (nSPS) is 16.2. The fourth-order valence-corrected chi connectivity index (χ4v) is 2.18. The first-order valence-corrected chi connectivity index (χ1v) is 6.63. The molecule has 2 aromatic heterocycles. The van der Waals surface area contributed by atoms with Gasteiger partial charge in [0.1, 0.15) is 0 Å². The van der Waals surface area contributed by atoms with Crippen molar-refractivity contribution in [1.29, 1.82) is 0 Å². The van der Waals surface area contributed by atoms with E-state index in [0.717, 1.165) is 19.3 Å². The van der Waals surface area contributed by atoms with Crippen molar-refractivity contribution < 1.29 is 5.11 Å². The number of hydrogen-bond acceptors (Lipinski definition) is 5. The summed E-state index contributed by atoms with van der Waals surface area (Å²) in [4.78, 5) is 0. The molecule has 3 unspecified atom stereocenters. The Labute approximate surface area is 112 Å². The first-order valence-electron chi connectivity index (χ1n) is 6.63. The van der Waals surface area contributed by atoms with Crippen LogP contribution in [-0.2, 0) is 0 Å². The molecule has 104 valence electrons. The van der Waals surface area contributed by atoms with Crippen LogP contribution in [0.2, 0.25) is 0 Å². The maximum Gasteiger partial charge on any atom is 0.0986 e. The van der Waals surface area contributed by atoms with Crippen molar-refractivity contribution in [1.82, 2.24) is 30.0 Å². The number of aliphatic hydroxyl groups excluding tert-OH is 1. The van der Waals surface area contributed by atoms with Gasteiger partial charge in [0.25, 0.3) is 0 Å². The zero-order valence-electron chi connectivity index (χ0n) is 11.3. The van der Waals surface area contributed by atoms with Crippen LogP contribution in [0.4, 0.5) is 0 Å². The summed E-state index contributed by atoms with van der Waals surface area (Å²) in [5, 5.41) is 26.1. The predicted octanol–water partition coefficient (Wildman–Crippen LogP) is 1.22. The number of hydrogen-bond donors (Lipinski definition) is 1. The lowest BCUT2D eigenvalue weighted by atomic mass is 9.99. The molecule has 0 aliphatic carbocycles. The summed E-state index contributed by atoms with van der Waals surface area (Å²) in [6.45, 7) is 4.06. The Morgan fingerprint density at radius 1 is 1.11 bits per heavy atom. The molecular formula is C12H20N6O. The van der Waals surface area contributed by atoms with E-state index in [1.54, 1.807) is 34.2 Å². The monoisotopic (exact) mass is 264 g/mol. The van der Waals surface area contributed by atoms with Gasteiger partial charge in [-0.2, -0.15) is 0 Å². The van der Waals surface area contributed by atoms with Crippen LogP contribution in [0.1, 0.15) is 45.2 Å². The van der Waals surface area contributed by atoms with Crippen LogP contribution >= 0.6 is 0 Å². The van der Waals surface area contributed by atoms with Gasteiger partial charge in [-0.05, 0) is 13.3 Å². The van der Waals surface area contributed by atoms with Crippen molar-refractivity contribution in [2.45, 2.75) is 51.3 Å². The molecule has 0 amide bonds. The van der Waals surface area contributed by atoms with Crippen LogP contribution in [0, 0.1) is 0 Å². The summed E-state index contributed by atoms with van der Waals surface area (Å²) in [5.41, 5.74) is 0. The van der Waals surface area contributed by atoms with Crippen LogP contribution in [-0.4, -0.2) is 41.2 Å². The van der Waals surface area contributed by atoms with E-state index >= 15 is 0 Å². The SMILES string of the molecule is CCCCC(C(O)C(C)n1ccnn1)n1ccnn1. The second-order valence-corrected chi connectivity index (χ2v) is 4.71. The Hall–Kier alpha value is -1.76. The summed E-state index contributed by atoms with van der Waals surface area (Å²) in [7, 11) is 0. The first-order chi connectivity index (χ1) is 9.24. The van der Waals surface area contributed by atoms with Gasteiger partial charge >= 0.3 is 0 Å². The standard InChI is InChI=1S/C12H20N6O/c1-3-4-5-11(18-9-7-14-16-18)12(19)10(2)17-8-6-13-15-17/h6-12,19H,3-5H2,1-2H3. The van der Waals surface area contributed by atoms with Crippen LogP contribution in [0.5, 0.6) is 0 Å². The van der Waals surface area contributed by atoms with E-state index < -0.39 is 6.10 Å². The quantitative estimate of drug-likeness (QED) is 0.813. The predicted molar refractivity (Wildman–Crippen MR) is 69.3 cm³/mol. The fraction of sp³-hybridized carbons (Fsp3) is 0.667. The number of rotatable bonds is 7. The molecule has 2 heterocycles. The smallest absolute Gasteiger partial charge is 0.0986 e. The van der Waals surface area contributed by atoms with Crippen LogP contribution in [0.15, 0.2) is 24.8 Å². The minimum absolute atomic E-state index is 0.0957. The topological polar surface area (TPSA) is 81.6 Å².